The fourth-order valence-electron chi connectivity index (χ4n) is 2.09. The van der Waals surface area contributed by atoms with Crippen molar-refractivity contribution in [3.05, 3.63) is 52.3 Å². The van der Waals surface area contributed by atoms with Crippen LogP contribution in [0.3, 0.4) is 0 Å². The zero-order valence-electron chi connectivity index (χ0n) is 12.4. The highest BCUT2D eigenvalue weighted by Gasteiger charge is 2.10. The van der Waals surface area contributed by atoms with Crippen molar-refractivity contribution in [2.75, 3.05) is 23.3 Å². The number of benzene rings is 1. The molecule has 0 bridgehead atoms. The van der Waals surface area contributed by atoms with Gasteiger partial charge in [0.15, 0.2) is 0 Å². The van der Waals surface area contributed by atoms with Crippen molar-refractivity contribution in [1.29, 1.82) is 0 Å². The first-order chi connectivity index (χ1) is 10.5. The summed E-state index contributed by atoms with van der Waals surface area (Å²) in [4.78, 5) is 18.6. The second-order valence-electron chi connectivity index (χ2n) is 4.69. The lowest BCUT2D eigenvalue weighted by Gasteiger charge is -2.20. The van der Waals surface area contributed by atoms with Gasteiger partial charge in [0.1, 0.15) is 0 Å². The van der Waals surface area contributed by atoms with Gasteiger partial charge in [-0.05, 0) is 38.1 Å². The third-order valence-corrected chi connectivity index (χ3v) is 4.03. The standard InChI is InChI=1S/C16H17Cl2N3O/c1-3-21(4-2)13-7-11(9-19-10-13)16(22)20-12-5-6-14(17)15(18)8-12/h5-10H,3-4H2,1-2H3,(H,20,22). The van der Waals surface area contributed by atoms with Crippen LogP contribution in [0.15, 0.2) is 36.7 Å². The van der Waals surface area contributed by atoms with Crippen LogP contribution < -0.4 is 10.2 Å². The number of amides is 1. The predicted octanol–water partition coefficient (Wildman–Crippen LogP) is 4.49. The van der Waals surface area contributed by atoms with E-state index in [9.17, 15) is 4.79 Å². The van der Waals surface area contributed by atoms with E-state index in [-0.39, 0.29) is 5.91 Å². The number of pyridine rings is 1. The number of rotatable bonds is 5. The maximum Gasteiger partial charge on any atom is 0.257 e. The highest BCUT2D eigenvalue weighted by molar-refractivity contribution is 6.42. The minimum atomic E-state index is -0.236. The number of carbonyl (C=O) groups excluding carboxylic acids is 1. The van der Waals surface area contributed by atoms with Crippen LogP contribution in [-0.4, -0.2) is 24.0 Å². The molecule has 0 radical (unpaired) electrons. The van der Waals surface area contributed by atoms with Gasteiger partial charge in [-0.3, -0.25) is 9.78 Å². The zero-order chi connectivity index (χ0) is 16.1. The summed E-state index contributed by atoms with van der Waals surface area (Å²) >= 11 is 11.8. The minimum absolute atomic E-state index is 0.236. The van der Waals surface area contributed by atoms with Gasteiger partial charge in [-0.2, -0.15) is 0 Å². The Morgan fingerprint density at radius 3 is 2.50 bits per heavy atom. The first-order valence-electron chi connectivity index (χ1n) is 7.01. The van der Waals surface area contributed by atoms with Crippen LogP contribution in [0.4, 0.5) is 11.4 Å². The second kappa shape index (κ2) is 7.47. The Bertz CT molecular complexity index is 672. The number of nitrogens with one attached hydrogen (secondary N) is 1. The van der Waals surface area contributed by atoms with Gasteiger partial charge in [0.25, 0.3) is 5.91 Å². The normalized spacial score (nSPS) is 10.4. The molecule has 0 aliphatic carbocycles. The minimum Gasteiger partial charge on any atom is -0.371 e. The van der Waals surface area contributed by atoms with Gasteiger partial charge in [-0.15, -0.1) is 0 Å². The Morgan fingerprint density at radius 1 is 1.14 bits per heavy atom. The van der Waals surface area contributed by atoms with E-state index in [4.69, 9.17) is 23.2 Å². The van der Waals surface area contributed by atoms with E-state index in [0.29, 0.717) is 21.3 Å². The van der Waals surface area contributed by atoms with Crippen molar-refractivity contribution < 1.29 is 4.79 Å². The highest BCUT2D eigenvalue weighted by atomic mass is 35.5. The van der Waals surface area contributed by atoms with E-state index in [0.717, 1.165) is 18.8 Å². The SMILES string of the molecule is CCN(CC)c1cncc(C(=O)Nc2ccc(Cl)c(Cl)c2)c1. The molecule has 0 aliphatic rings. The molecule has 0 saturated heterocycles. The summed E-state index contributed by atoms with van der Waals surface area (Å²) in [5, 5.41) is 3.63. The second-order valence-corrected chi connectivity index (χ2v) is 5.50. The summed E-state index contributed by atoms with van der Waals surface area (Å²) in [5.74, 6) is -0.236. The molecule has 116 valence electrons. The van der Waals surface area contributed by atoms with Gasteiger partial charge in [0, 0.05) is 25.0 Å². The van der Waals surface area contributed by atoms with Gasteiger partial charge in [-0.1, -0.05) is 23.2 Å². The number of aromatic nitrogens is 1. The summed E-state index contributed by atoms with van der Waals surface area (Å²) in [7, 11) is 0. The fourth-order valence-corrected chi connectivity index (χ4v) is 2.39. The van der Waals surface area contributed by atoms with Crippen LogP contribution in [0, 0.1) is 0 Å². The van der Waals surface area contributed by atoms with Crippen LogP contribution in [0.1, 0.15) is 24.2 Å². The first-order valence-corrected chi connectivity index (χ1v) is 7.77. The van der Waals surface area contributed by atoms with Gasteiger partial charge in [0.05, 0.1) is 27.5 Å². The van der Waals surface area contributed by atoms with Crippen molar-refractivity contribution >= 4 is 40.5 Å². The summed E-state index contributed by atoms with van der Waals surface area (Å²) < 4.78 is 0. The smallest absolute Gasteiger partial charge is 0.257 e. The van der Waals surface area contributed by atoms with Gasteiger partial charge in [-0.25, -0.2) is 0 Å². The Hall–Kier alpha value is -1.78. The maximum absolute atomic E-state index is 12.3. The topological polar surface area (TPSA) is 45.2 Å². The lowest BCUT2D eigenvalue weighted by Crippen LogP contribution is -2.22. The number of hydrogen-bond donors (Lipinski definition) is 1. The Kier molecular flexibility index (Phi) is 5.63. The van der Waals surface area contributed by atoms with E-state index in [1.807, 2.05) is 6.07 Å². The van der Waals surface area contributed by atoms with E-state index >= 15 is 0 Å². The zero-order valence-corrected chi connectivity index (χ0v) is 13.9. The Balaban J connectivity index is 2.18. The lowest BCUT2D eigenvalue weighted by atomic mass is 10.2. The van der Waals surface area contributed by atoms with E-state index in [2.05, 4.69) is 29.0 Å². The molecule has 2 aromatic rings. The number of anilines is 2. The van der Waals surface area contributed by atoms with Crippen LogP contribution in [-0.2, 0) is 0 Å². The molecular weight excluding hydrogens is 321 g/mol. The third-order valence-electron chi connectivity index (χ3n) is 3.29. The molecule has 0 saturated carbocycles. The molecule has 6 heteroatoms. The number of nitrogens with zero attached hydrogens (tertiary/aromatic N) is 2. The lowest BCUT2D eigenvalue weighted by molar-refractivity contribution is 0.102. The predicted molar refractivity (Wildman–Crippen MR) is 92.2 cm³/mol. The molecule has 1 N–H and O–H groups in total. The molecule has 2 rings (SSSR count). The monoisotopic (exact) mass is 337 g/mol. The Morgan fingerprint density at radius 2 is 1.86 bits per heavy atom. The Labute approximate surface area is 140 Å². The third kappa shape index (κ3) is 3.90. The summed E-state index contributed by atoms with van der Waals surface area (Å²) in [6.45, 7) is 5.84. The number of hydrogen-bond acceptors (Lipinski definition) is 3. The number of halogens is 2. The van der Waals surface area contributed by atoms with Crippen molar-refractivity contribution in [3.8, 4) is 0 Å². The quantitative estimate of drug-likeness (QED) is 0.874. The first kappa shape index (κ1) is 16.6. The van der Waals surface area contributed by atoms with Crippen molar-refractivity contribution in [2.45, 2.75) is 13.8 Å². The summed E-state index contributed by atoms with van der Waals surface area (Å²) in [5.41, 5.74) is 2.01. The molecule has 0 atom stereocenters. The van der Waals surface area contributed by atoms with Gasteiger partial charge in [0.2, 0.25) is 0 Å². The van der Waals surface area contributed by atoms with Crippen LogP contribution in [0.2, 0.25) is 10.0 Å². The van der Waals surface area contributed by atoms with Crippen molar-refractivity contribution in [1.82, 2.24) is 4.98 Å². The van der Waals surface area contributed by atoms with Crippen LogP contribution >= 0.6 is 23.2 Å². The molecule has 4 nitrogen and oxygen atoms in total. The van der Waals surface area contributed by atoms with E-state index in [1.165, 1.54) is 0 Å². The molecule has 0 fully saturated rings. The summed E-state index contributed by atoms with van der Waals surface area (Å²) in [6, 6.07) is 6.79. The molecule has 1 aromatic heterocycles. The average Bonchev–Trinajstić information content (AvgIpc) is 2.52. The molecule has 1 aromatic carbocycles. The molecule has 0 spiro atoms. The highest BCUT2D eigenvalue weighted by Crippen LogP contribution is 2.25. The van der Waals surface area contributed by atoms with Crippen molar-refractivity contribution in [3.63, 3.8) is 0 Å². The molecule has 1 heterocycles. The molecular formula is C16H17Cl2N3O. The molecule has 0 aliphatic heterocycles. The largest absolute Gasteiger partial charge is 0.371 e. The molecule has 22 heavy (non-hydrogen) atoms. The molecule has 1 amide bonds. The van der Waals surface area contributed by atoms with Crippen LogP contribution in [0.5, 0.6) is 0 Å². The fraction of sp³-hybridized carbons (Fsp3) is 0.250. The maximum atomic E-state index is 12.3. The van der Waals surface area contributed by atoms with E-state index in [1.54, 1.807) is 30.6 Å². The van der Waals surface area contributed by atoms with E-state index < -0.39 is 0 Å². The number of carbonyl (C=O) groups is 1. The summed E-state index contributed by atoms with van der Waals surface area (Å²) in [6.07, 6.45) is 3.29. The van der Waals surface area contributed by atoms with Gasteiger partial charge < -0.3 is 10.2 Å². The molecule has 0 unspecified atom stereocenters. The average molecular weight is 338 g/mol. The van der Waals surface area contributed by atoms with Gasteiger partial charge >= 0.3 is 0 Å². The van der Waals surface area contributed by atoms with Crippen molar-refractivity contribution in [2.24, 2.45) is 0 Å². The van der Waals surface area contributed by atoms with Crippen LogP contribution in [0.25, 0.3) is 0 Å².